The number of aromatic nitrogens is 3. The van der Waals surface area contributed by atoms with Gasteiger partial charge in [-0.3, -0.25) is 24.8 Å². The zero-order valence-electron chi connectivity index (χ0n) is 14.5. The van der Waals surface area contributed by atoms with Gasteiger partial charge in [0.2, 0.25) is 17.8 Å². The van der Waals surface area contributed by atoms with E-state index in [1.807, 2.05) is 18.2 Å². The molecular formula is C17H19N7O3. The average molecular weight is 369 g/mol. The van der Waals surface area contributed by atoms with Crippen LogP contribution in [-0.2, 0) is 29.2 Å². The van der Waals surface area contributed by atoms with Crippen molar-refractivity contribution in [1.29, 1.82) is 0 Å². The molecule has 1 saturated heterocycles. The number of hydrogen-bond donors (Lipinski definition) is 4. The summed E-state index contributed by atoms with van der Waals surface area (Å²) in [7, 11) is 0. The number of nitrogens with zero attached hydrogens (tertiary/aromatic N) is 3. The predicted molar refractivity (Wildman–Crippen MR) is 94.1 cm³/mol. The molecule has 0 saturated carbocycles. The Morgan fingerprint density at radius 2 is 2.15 bits per heavy atom. The molecule has 1 aromatic carbocycles. The van der Waals surface area contributed by atoms with E-state index in [1.54, 1.807) is 0 Å². The maximum absolute atomic E-state index is 12.8. The Hall–Kier alpha value is -3.27. The lowest BCUT2D eigenvalue weighted by atomic mass is 10.0. The number of hydrogen-bond acceptors (Lipinski definition) is 7. The lowest BCUT2D eigenvalue weighted by Gasteiger charge is -2.29. The normalized spacial score (nSPS) is 19.2. The zero-order chi connectivity index (χ0) is 19.0. The molecule has 1 fully saturated rings. The van der Waals surface area contributed by atoms with Gasteiger partial charge in [0.1, 0.15) is 11.9 Å². The molecule has 2 aliphatic rings. The number of benzene rings is 1. The van der Waals surface area contributed by atoms with Gasteiger partial charge in [0.05, 0.1) is 6.54 Å². The molecule has 0 spiro atoms. The molecule has 1 unspecified atom stereocenters. The lowest BCUT2D eigenvalue weighted by molar-refractivity contribution is -0.136. The van der Waals surface area contributed by atoms with Gasteiger partial charge in [-0.05, 0) is 23.6 Å². The molecule has 10 heteroatoms. The van der Waals surface area contributed by atoms with Gasteiger partial charge in [0.25, 0.3) is 5.91 Å². The van der Waals surface area contributed by atoms with Crippen LogP contribution in [-0.4, -0.2) is 43.8 Å². The van der Waals surface area contributed by atoms with Crippen molar-refractivity contribution >= 4 is 23.7 Å². The van der Waals surface area contributed by atoms with Gasteiger partial charge < -0.3 is 16.0 Å². The number of piperidine rings is 1. The van der Waals surface area contributed by atoms with Crippen molar-refractivity contribution in [2.75, 3.05) is 5.32 Å². The van der Waals surface area contributed by atoms with Crippen molar-refractivity contribution in [2.45, 2.75) is 38.5 Å². The standard InChI is InChI=1S/C17H19N7O3/c18-6-13-20-17(23-22-13)19-7-9-1-2-10-8-24(16(27)11(10)5-9)12-3-4-14(25)21-15(12)26/h1-2,5,12H,3-4,6-8,18H2,(H,21,25,26)(H2,19,20,22,23). The minimum Gasteiger partial charge on any atom is -0.349 e. The first-order valence-corrected chi connectivity index (χ1v) is 8.67. The van der Waals surface area contributed by atoms with Crippen molar-refractivity contribution in [3.63, 3.8) is 0 Å². The molecule has 0 bridgehead atoms. The molecule has 2 aromatic rings. The van der Waals surface area contributed by atoms with E-state index in [-0.39, 0.29) is 24.8 Å². The number of nitrogens with two attached hydrogens (primary N) is 1. The van der Waals surface area contributed by atoms with E-state index in [0.29, 0.717) is 36.8 Å². The zero-order valence-corrected chi connectivity index (χ0v) is 14.5. The maximum Gasteiger partial charge on any atom is 0.255 e. The minimum absolute atomic E-state index is 0.190. The summed E-state index contributed by atoms with van der Waals surface area (Å²) in [6, 6.07) is 5.02. The molecule has 2 aliphatic heterocycles. The fourth-order valence-electron chi connectivity index (χ4n) is 3.36. The van der Waals surface area contributed by atoms with Crippen molar-refractivity contribution in [2.24, 2.45) is 5.73 Å². The first kappa shape index (κ1) is 17.2. The SMILES string of the molecule is NCc1nc(NCc2ccc3c(c2)C(=O)N(C2CCC(=O)NC2=O)C3)n[nH]1. The topological polar surface area (TPSA) is 146 Å². The van der Waals surface area contributed by atoms with E-state index < -0.39 is 11.9 Å². The number of carbonyl (C=O) groups excluding carboxylic acids is 3. The van der Waals surface area contributed by atoms with Gasteiger partial charge in [-0.25, -0.2) is 0 Å². The lowest BCUT2D eigenvalue weighted by Crippen LogP contribution is -2.52. The second kappa shape index (κ2) is 6.80. The van der Waals surface area contributed by atoms with Gasteiger partial charge in [-0.15, -0.1) is 5.10 Å². The molecule has 3 heterocycles. The van der Waals surface area contributed by atoms with Gasteiger partial charge in [0, 0.05) is 25.1 Å². The molecule has 27 heavy (non-hydrogen) atoms. The van der Waals surface area contributed by atoms with E-state index >= 15 is 0 Å². The number of aromatic amines is 1. The van der Waals surface area contributed by atoms with Crippen molar-refractivity contribution in [3.8, 4) is 0 Å². The van der Waals surface area contributed by atoms with Crippen LogP contribution in [0.3, 0.4) is 0 Å². The monoisotopic (exact) mass is 369 g/mol. The van der Waals surface area contributed by atoms with Crippen molar-refractivity contribution in [3.05, 3.63) is 40.7 Å². The van der Waals surface area contributed by atoms with Crippen LogP contribution in [0.25, 0.3) is 0 Å². The first-order chi connectivity index (χ1) is 13.0. The van der Waals surface area contributed by atoms with E-state index in [4.69, 9.17) is 5.73 Å². The highest BCUT2D eigenvalue weighted by Crippen LogP contribution is 2.28. The Morgan fingerprint density at radius 3 is 2.89 bits per heavy atom. The molecule has 4 rings (SSSR count). The minimum atomic E-state index is -0.605. The smallest absolute Gasteiger partial charge is 0.255 e. The van der Waals surface area contributed by atoms with Crippen LogP contribution in [0.4, 0.5) is 5.95 Å². The number of nitrogens with one attached hydrogen (secondary N) is 3. The number of rotatable bonds is 5. The maximum atomic E-state index is 12.8. The highest BCUT2D eigenvalue weighted by Gasteiger charge is 2.39. The van der Waals surface area contributed by atoms with Crippen LogP contribution in [0.5, 0.6) is 0 Å². The summed E-state index contributed by atoms with van der Waals surface area (Å²) >= 11 is 0. The highest BCUT2D eigenvalue weighted by molar-refractivity contribution is 6.05. The van der Waals surface area contributed by atoms with Crippen LogP contribution >= 0.6 is 0 Å². The second-order valence-electron chi connectivity index (χ2n) is 6.55. The summed E-state index contributed by atoms with van der Waals surface area (Å²) in [6.07, 6.45) is 0.597. The molecule has 0 aliphatic carbocycles. The Bertz CT molecular complexity index is 923. The predicted octanol–water partition coefficient (Wildman–Crippen LogP) is -0.363. The molecular weight excluding hydrogens is 350 g/mol. The third-order valence-corrected chi connectivity index (χ3v) is 4.77. The summed E-state index contributed by atoms with van der Waals surface area (Å²) in [6.45, 7) is 1.09. The van der Waals surface area contributed by atoms with Crippen molar-refractivity contribution < 1.29 is 14.4 Å². The van der Waals surface area contributed by atoms with E-state index in [0.717, 1.165) is 11.1 Å². The highest BCUT2D eigenvalue weighted by atomic mass is 16.2. The largest absolute Gasteiger partial charge is 0.349 e. The summed E-state index contributed by atoms with van der Waals surface area (Å²) in [5.41, 5.74) is 7.84. The van der Waals surface area contributed by atoms with Crippen molar-refractivity contribution in [1.82, 2.24) is 25.4 Å². The summed E-state index contributed by atoms with van der Waals surface area (Å²) in [5.74, 6) is 0.131. The van der Waals surface area contributed by atoms with Gasteiger partial charge >= 0.3 is 0 Å². The molecule has 5 N–H and O–H groups in total. The fourth-order valence-corrected chi connectivity index (χ4v) is 3.36. The van der Waals surface area contributed by atoms with E-state index in [9.17, 15) is 14.4 Å². The molecule has 0 radical (unpaired) electrons. The van der Waals surface area contributed by atoms with Crippen LogP contribution in [0.15, 0.2) is 18.2 Å². The Kier molecular flexibility index (Phi) is 4.32. The first-order valence-electron chi connectivity index (χ1n) is 8.67. The Morgan fingerprint density at radius 1 is 1.30 bits per heavy atom. The van der Waals surface area contributed by atoms with E-state index in [1.165, 1.54) is 4.90 Å². The third kappa shape index (κ3) is 3.26. The second-order valence-corrected chi connectivity index (χ2v) is 6.55. The summed E-state index contributed by atoms with van der Waals surface area (Å²) < 4.78 is 0. The van der Waals surface area contributed by atoms with E-state index in [2.05, 4.69) is 25.8 Å². The fraction of sp³-hybridized carbons (Fsp3) is 0.353. The van der Waals surface area contributed by atoms with Crippen LogP contribution in [0, 0.1) is 0 Å². The van der Waals surface area contributed by atoms with Gasteiger partial charge in [-0.1, -0.05) is 12.1 Å². The summed E-state index contributed by atoms with van der Waals surface area (Å²) in [5, 5.41) is 12.1. The van der Waals surface area contributed by atoms with Crippen LogP contribution in [0.2, 0.25) is 0 Å². The summed E-state index contributed by atoms with van der Waals surface area (Å²) in [4.78, 5) is 41.9. The number of amides is 3. The molecule has 140 valence electrons. The Labute approximate surface area is 154 Å². The Balaban J connectivity index is 1.46. The molecule has 3 amide bonds. The number of fused-ring (bicyclic) bond motifs is 1. The van der Waals surface area contributed by atoms with Crippen LogP contribution < -0.4 is 16.4 Å². The number of carbonyl (C=O) groups is 3. The van der Waals surface area contributed by atoms with Gasteiger partial charge in [0.15, 0.2) is 0 Å². The molecule has 1 aromatic heterocycles. The molecule has 10 nitrogen and oxygen atoms in total. The van der Waals surface area contributed by atoms with Gasteiger partial charge in [-0.2, -0.15) is 4.98 Å². The number of H-pyrrole nitrogens is 1. The molecule has 1 atom stereocenters. The van der Waals surface area contributed by atoms with Crippen LogP contribution in [0.1, 0.15) is 40.2 Å². The average Bonchev–Trinajstić information content (AvgIpc) is 3.25. The quantitative estimate of drug-likeness (QED) is 0.526. The number of imide groups is 1. The number of anilines is 1. The third-order valence-electron chi connectivity index (χ3n) is 4.77.